The highest BCUT2D eigenvalue weighted by molar-refractivity contribution is 5.95. The van der Waals surface area contributed by atoms with E-state index in [1.165, 1.54) is 0 Å². The van der Waals surface area contributed by atoms with Crippen LogP contribution in [0.1, 0.15) is 34.8 Å². The number of carbonyl (C=O) groups is 2. The molecule has 5 nitrogen and oxygen atoms in total. The molecule has 0 fully saturated rings. The third-order valence-corrected chi connectivity index (χ3v) is 3.75. The molecule has 0 radical (unpaired) electrons. The second kappa shape index (κ2) is 8.87. The van der Waals surface area contributed by atoms with E-state index < -0.39 is 0 Å². The molecule has 0 aliphatic rings. The Hall–Kier alpha value is -2.82. The van der Waals surface area contributed by atoms with Gasteiger partial charge in [-0.1, -0.05) is 25.1 Å². The van der Waals surface area contributed by atoms with Gasteiger partial charge < -0.3 is 15.4 Å². The SMILES string of the molecule is CCCOC(=O)c1ccc(NC(=O)CNc2c(C)cccc2C)cc1. The predicted molar refractivity (Wildman–Crippen MR) is 100 cm³/mol. The molecule has 25 heavy (non-hydrogen) atoms. The predicted octanol–water partition coefficient (Wildman–Crippen LogP) is 3.92. The zero-order chi connectivity index (χ0) is 18.2. The first-order valence-corrected chi connectivity index (χ1v) is 8.38. The summed E-state index contributed by atoms with van der Waals surface area (Å²) in [4.78, 5) is 23.8. The van der Waals surface area contributed by atoms with Crippen LogP contribution in [0.25, 0.3) is 0 Å². The molecule has 0 saturated heterocycles. The summed E-state index contributed by atoms with van der Waals surface area (Å²) in [6.45, 7) is 6.53. The molecule has 0 aliphatic carbocycles. The van der Waals surface area contributed by atoms with Crippen molar-refractivity contribution in [2.75, 3.05) is 23.8 Å². The molecule has 0 spiro atoms. The Balaban J connectivity index is 1.89. The third-order valence-electron chi connectivity index (χ3n) is 3.75. The number of hydrogen-bond acceptors (Lipinski definition) is 4. The first-order valence-electron chi connectivity index (χ1n) is 8.38. The maximum absolute atomic E-state index is 12.1. The van der Waals surface area contributed by atoms with Crippen LogP contribution >= 0.6 is 0 Å². The Labute approximate surface area is 148 Å². The number of ether oxygens (including phenoxy) is 1. The van der Waals surface area contributed by atoms with Crippen molar-refractivity contribution in [3.8, 4) is 0 Å². The number of aryl methyl sites for hydroxylation is 2. The number of anilines is 2. The molecule has 0 aromatic heterocycles. The van der Waals surface area contributed by atoms with Crippen LogP contribution in [-0.4, -0.2) is 25.0 Å². The molecule has 0 heterocycles. The molecule has 2 aromatic carbocycles. The smallest absolute Gasteiger partial charge is 0.338 e. The summed E-state index contributed by atoms with van der Waals surface area (Å²) in [6.07, 6.45) is 0.785. The Morgan fingerprint density at radius 2 is 1.64 bits per heavy atom. The molecule has 0 atom stereocenters. The van der Waals surface area contributed by atoms with Crippen molar-refractivity contribution in [1.82, 2.24) is 0 Å². The lowest BCUT2D eigenvalue weighted by atomic mass is 10.1. The van der Waals surface area contributed by atoms with E-state index in [2.05, 4.69) is 10.6 Å². The molecular weight excluding hydrogens is 316 g/mol. The highest BCUT2D eigenvalue weighted by Crippen LogP contribution is 2.19. The molecule has 132 valence electrons. The molecule has 0 saturated carbocycles. The highest BCUT2D eigenvalue weighted by atomic mass is 16.5. The Morgan fingerprint density at radius 3 is 2.24 bits per heavy atom. The summed E-state index contributed by atoms with van der Waals surface area (Å²) in [7, 11) is 0. The normalized spacial score (nSPS) is 10.2. The third kappa shape index (κ3) is 5.35. The van der Waals surface area contributed by atoms with Crippen LogP contribution in [0.3, 0.4) is 0 Å². The lowest BCUT2D eigenvalue weighted by Gasteiger charge is -2.12. The molecule has 2 N–H and O–H groups in total. The summed E-state index contributed by atoms with van der Waals surface area (Å²) in [5, 5.41) is 5.97. The Kier molecular flexibility index (Phi) is 6.57. The lowest BCUT2D eigenvalue weighted by Crippen LogP contribution is -2.22. The van der Waals surface area contributed by atoms with Gasteiger partial charge in [-0.3, -0.25) is 4.79 Å². The number of hydrogen-bond donors (Lipinski definition) is 2. The first kappa shape index (κ1) is 18.5. The minimum Gasteiger partial charge on any atom is -0.462 e. The van der Waals surface area contributed by atoms with Crippen LogP contribution in [-0.2, 0) is 9.53 Å². The summed E-state index contributed by atoms with van der Waals surface area (Å²) in [6, 6.07) is 12.7. The van der Waals surface area contributed by atoms with E-state index in [9.17, 15) is 9.59 Å². The van der Waals surface area contributed by atoms with E-state index in [4.69, 9.17) is 4.74 Å². The quantitative estimate of drug-likeness (QED) is 0.750. The zero-order valence-electron chi connectivity index (χ0n) is 14.9. The number of rotatable bonds is 7. The fourth-order valence-electron chi connectivity index (χ4n) is 2.43. The minimum absolute atomic E-state index is 0.149. The van der Waals surface area contributed by atoms with Crippen LogP contribution in [0.4, 0.5) is 11.4 Å². The largest absolute Gasteiger partial charge is 0.462 e. The van der Waals surface area contributed by atoms with E-state index in [-0.39, 0.29) is 18.4 Å². The number of esters is 1. The van der Waals surface area contributed by atoms with Crippen LogP contribution < -0.4 is 10.6 Å². The van der Waals surface area contributed by atoms with E-state index in [0.717, 1.165) is 23.2 Å². The lowest BCUT2D eigenvalue weighted by molar-refractivity contribution is -0.114. The topological polar surface area (TPSA) is 67.4 Å². The maximum atomic E-state index is 12.1. The number of carbonyl (C=O) groups excluding carboxylic acids is 2. The van der Waals surface area contributed by atoms with Crippen LogP contribution in [0.2, 0.25) is 0 Å². The molecule has 0 unspecified atom stereocenters. The molecule has 1 amide bonds. The number of amides is 1. The van der Waals surface area contributed by atoms with Crippen molar-refractivity contribution in [1.29, 1.82) is 0 Å². The van der Waals surface area contributed by atoms with Gasteiger partial charge in [0.05, 0.1) is 18.7 Å². The molecule has 0 bridgehead atoms. The van der Waals surface area contributed by atoms with E-state index in [0.29, 0.717) is 17.9 Å². The first-order chi connectivity index (χ1) is 12.0. The van der Waals surface area contributed by atoms with Gasteiger partial charge in [-0.2, -0.15) is 0 Å². The minimum atomic E-state index is -0.351. The second-order valence-corrected chi connectivity index (χ2v) is 5.88. The van der Waals surface area contributed by atoms with Gasteiger partial charge in [0.25, 0.3) is 0 Å². The Bertz CT molecular complexity index is 719. The van der Waals surface area contributed by atoms with Gasteiger partial charge in [-0.15, -0.1) is 0 Å². The van der Waals surface area contributed by atoms with Gasteiger partial charge in [-0.05, 0) is 55.7 Å². The number of nitrogens with one attached hydrogen (secondary N) is 2. The van der Waals surface area contributed by atoms with Crippen molar-refractivity contribution >= 4 is 23.3 Å². The molecule has 5 heteroatoms. The van der Waals surface area contributed by atoms with Crippen LogP contribution in [0, 0.1) is 13.8 Å². The zero-order valence-corrected chi connectivity index (χ0v) is 14.9. The average molecular weight is 340 g/mol. The van der Waals surface area contributed by atoms with E-state index >= 15 is 0 Å². The fraction of sp³-hybridized carbons (Fsp3) is 0.300. The van der Waals surface area contributed by atoms with Crippen LogP contribution in [0.5, 0.6) is 0 Å². The fourth-order valence-corrected chi connectivity index (χ4v) is 2.43. The van der Waals surface area contributed by atoms with E-state index in [1.807, 2.05) is 39.0 Å². The van der Waals surface area contributed by atoms with Gasteiger partial charge in [-0.25, -0.2) is 4.79 Å². The van der Waals surface area contributed by atoms with Crippen molar-refractivity contribution in [2.24, 2.45) is 0 Å². The number of para-hydroxylation sites is 1. The van der Waals surface area contributed by atoms with Gasteiger partial charge in [0.1, 0.15) is 0 Å². The Morgan fingerprint density at radius 1 is 1.00 bits per heavy atom. The van der Waals surface area contributed by atoms with E-state index in [1.54, 1.807) is 24.3 Å². The van der Waals surface area contributed by atoms with Gasteiger partial charge >= 0.3 is 5.97 Å². The monoisotopic (exact) mass is 340 g/mol. The molecule has 2 rings (SSSR count). The molecular formula is C20H24N2O3. The maximum Gasteiger partial charge on any atom is 0.338 e. The summed E-state index contributed by atoms with van der Waals surface area (Å²) in [5.41, 5.74) is 4.29. The van der Waals surface area contributed by atoms with Gasteiger partial charge in [0, 0.05) is 11.4 Å². The highest BCUT2D eigenvalue weighted by Gasteiger charge is 2.08. The van der Waals surface area contributed by atoms with Crippen molar-refractivity contribution in [3.05, 3.63) is 59.2 Å². The summed E-state index contributed by atoms with van der Waals surface area (Å²) in [5.74, 6) is -0.500. The summed E-state index contributed by atoms with van der Waals surface area (Å²) < 4.78 is 5.07. The van der Waals surface area contributed by atoms with Gasteiger partial charge in [0.15, 0.2) is 0 Å². The standard InChI is InChI=1S/C20H24N2O3/c1-4-12-25-20(24)16-8-10-17(11-9-16)22-18(23)13-21-19-14(2)6-5-7-15(19)3/h5-11,21H,4,12-13H2,1-3H3,(H,22,23). The van der Waals surface area contributed by atoms with Crippen molar-refractivity contribution < 1.29 is 14.3 Å². The van der Waals surface area contributed by atoms with Crippen molar-refractivity contribution in [2.45, 2.75) is 27.2 Å². The van der Waals surface area contributed by atoms with Crippen molar-refractivity contribution in [3.63, 3.8) is 0 Å². The van der Waals surface area contributed by atoms with Crippen LogP contribution in [0.15, 0.2) is 42.5 Å². The number of benzene rings is 2. The average Bonchev–Trinajstić information content (AvgIpc) is 2.60. The second-order valence-electron chi connectivity index (χ2n) is 5.88. The van der Waals surface area contributed by atoms with Gasteiger partial charge in [0.2, 0.25) is 5.91 Å². The summed E-state index contributed by atoms with van der Waals surface area (Å²) >= 11 is 0. The molecule has 0 aliphatic heterocycles. The molecule has 2 aromatic rings.